The Morgan fingerprint density at radius 2 is 2.13 bits per heavy atom. The second-order valence-corrected chi connectivity index (χ2v) is 7.22. The molecule has 0 atom stereocenters. The van der Waals surface area contributed by atoms with Crippen LogP contribution in [0.15, 0.2) is 41.7 Å². The van der Waals surface area contributed by atoms with E-state index < -0.39 is 10.0 Å². The highest BCUT2D eigenvalue weighted by Crippen LogP contribution is 2.39. The van der Waals surface area contributed by atoms with Gasteiger partial charge in [-0.1, -0.05) is 6.07 Å². The van der Waals surface area contributed by atoms with E-state index in [1.54, 1.807) is 24.7 Å². The van der Waals surface area contributed by atoms with E-state index in [0.29, 0.717) is 0 Å². The molecule has 8 heteroatoms. The highest BCUT2D eigenvalue weighted by Gasteiger charge is 2.27. The Morgan fingerprint density at radius 3 is 2.96 bits per heavy atom. The van der Waals surface area contributed by atoms with Crippen molar-refractivity contribution >= 4 is 21.5 Å². The third-order valence-electron chi connectivity index (χ3n) is 4.12. The molecule has 0 amide bonds. The van der Waals surface area contributed by atoms with Gasteiger partial charge in [-0.3, -0.25) is 0 Å². The molecule has 0 aromatic heterocycles. The first-order chi connectivity index (χ1) is 11.1. The number of anilines is 2. The van der Waals surface area contributed by atoms with Crippen LogP contribution in [0, 0.1) is 0 Å². The number of sulfonamides is 1. The van der Waals surface area contributed by atoms with Crippen molar-refractivity contribution in [3.63, 3.8) is 0 Å². The summed E-state index contributed by atoms with van der Waals surface area (Å²) in [6.45, 7) is 0.760. The minimum atomic E-state index is -3.47. The molecule has 0 unspecified atom stereocenters. The van der Waals surface area contributed by atoms with Crippen molar-refractivity contribution in [2.45, 2.75) is 11.3 Å². The van der Waals surface area contributed by atoms with Gasteiger partial charge in [0, 0.05) is 18.4 Å². The Kier molecular flexibility index (Phi) is 3.10. The van der Waals surface area contributed by atoms with Gasteiger partial charge in [-0.25, -0.2) is 23.1 Å². The van der Waals surface area contributed by atoms with Crippen LogP contribution in [-0.2, 0) is 16.4 Å². The van der Waals surface area contributed by atoms with Gasteiger partial charge < -0.3 is 9.88 Å². The van der Waals surface area contributed by atoms with Gasteiger partial charge in [0.25, 0.3) is 0 Å². The first kappa shape index (κ1) is 14.2. The highest BCUT2D eigenvalue weighted by molar-refractivity contribution is 7.89. The molecule has 0 saturated carbocycles. The van der Waals surface area contributed by atoms with Crippen LogP contribution < -0.4 is 9.62 Å². The van der Waals surface area contributed by atoms with Crippen LogP contribution in [0.3, 0.4) is 0 Å². The number of aromatic amines is 1. The zero-order valence-corrected chi connectivity index (χ0v) is 13.3. The van der Waals surface area contributed by atoms with Gasteiger partial charge in [0.1, 0.15) is 11.6 Å². The smallest absolute Gasteiger partial charge is 0.240 e. The number of rotatable bonds is 3. The Hall–Kier alpha value is -2.45. The van der Waals surface area contributed by atoms with E-state index in [0.717, 1.165) is 41.4 Å². The highest BCUT2D eigenvalue weighted by atomic mass is 32.2. The molecule has 23 heavy (non-hydrogen) atoms. The molecule has 0 spiro atoms. The van der Waals surface area contributed by atoms with Gasteiger partial charge in [-0.15, -0.1) is 0 Å². The summed E-state index contributed by atoms with van der Waals surface area (Å²) in [5, 5.41) is 0. The monoisotopic (exact) mass is 329 g/mol. The molecule has 1 aromatic rings. The topological polar surface area (TPSA) is 91.0 Å². The van der Waals surface area contributed by atoms with E-state index in [-0.39, 0.29) is 4.90 Å². The molecule has 3 aliphatic heterocycles. The molecule has 1 aromatic carbocycles. The van der Waals surface area contributed by atoms with E-state index in [1.165, 1.54) is 7.05 Å². The molecule has 118 valence electrons. The van der Waals surface area contributed by atoms with Crippen LogP contribution in [-0.4, -0.2) is 37.0 Å². The summed E-state index contributed by atoms with van der Waals surface area (Å²) in [6.07, 6.45) is 4.19. The van der Waals surface area contributed by atoms with Crippen molar-refractivity contribution < 1.29 is 8.42 Å². The van der Waals surface area contributed by atoms with Crippen molar-refractivity contribution in [3.8, 4) is 11.4 Å². The molecule has 0 radical (unpaired) electrons. The average molecular weight is 329 g/mol. The summed E-state index contributed by atoms with van der Waals surface area (Å²) < 4.78 is 26.5. The largest absolute Gasteiger partial charge is 0.330 e. The second-order valence-electron chi connectivity index (χ2n) is 5.33. The van der Waals surface area contributed by atoms with Gasteiger partial charge in [0.2, 0.25) is 10.0 Å². The van der Waals surface area contributed by atoms with E-state index in [9.17, 15) is 8.42 Å². The molecule has 0 aliphatic carbocycles. The van der Waals surface area contributed by atoms with Gasteiger partial charge in [0.15, 0.2) is 0 Å². The van der Waals surface area contributed by atoms with Crippen LogP contribution in [0.4, 0.5) is 11.5 Å². The predicted molar refractivity (Wildman–Crippen MR) is 86.4 cm³/mol. The molecular formula is C15H15N5O2S. The van der Waals surface area contributed by atoms with Crippen LogP contribution in [0.2, 0.25) is 0 Å². The lowest BCUT2D eigenvalue weighted by molar-refractivity contribution is 0.588. The maximum atomic E-state index is 12.1. The van der Waals surface area contributed by atoms with Gasteiger partial charge in [-0.05, 0) is 37.2 Å². The van der Waals surface area contributed by atoms with Crippen molar-refractivity contribution in [2.75, 3.05) is 18.5 Å². The number of hydrogen-bond acceptors (Lipinski definition) is 5. The summed E-state index contributed by atoms with van der Waals surface area (Å²) in [7, 11) is -2.06. The maximum Gasteiger partial charge on any atom is 0.240 e. The van der Waals surface area contributed by atoms with E-state index in [4.69, 9.17) is 0 Å². The lowest BCUT2D eigenvalue weighted by Gasteiger charge is -2.21. The Balaban J connectivity index is 1.84. The summed E-state index contributed by atoms with van der Waals surface area (Å²) >= 11 is 0. The first-order valence-corrected chi connectivity index (χ1v) is 8.70. The number of hydrogen-bond donors (Lipinski definition) is 2. The zero-order valence-electron chi connectivity index (χ0n) is 12.4. The predicted octanol–water partition coefficient (Wildman–Crippen LogP) is 1.51. The lowest BCUT2D eigenvalue weighted by atomic mass is 10.2. The van der Waals surface area contributed by atoms with E-state index in [1.807, 2.05) is 17.0 Å². The SMILES string of the molecule is CNS(=O)(=O)c1ccc2c(c1)N(c1nc[nH]c3nccc1-3)CC2. The third kappa shape index (κ3) is 2.18. The van der Waals surface area contributed by atoms with Crippen LogP contribution in [0.1, 0.15) is 5.56 Å². The number of nitrogens with zero attached hydrogens (tertiary/aromatic N) is 3. The molecule has 4 rings (SSSR count). The minimum absolute atomic E-state index is 0.255. The summed E-state index contributed by atoms with van der Waals surface area (Å²) in [5.41, 5.74) is 2.91. The normalized spacial score (nSPS) is 14.4. The molecule has 2 N–H and O–H groups in total. The van der Waals surface area contributed by atoms with Crippen molar-refractivity contribution in [3.05, 3.63) is 42.4 Å². The molecule has 3 aliphatic rings. The Labute approximate surface area is 133 Å². The first-order valence-electron chi connectivity index (χ1n) is 7.22. The fourth-order valence-electron chi connectivity index (χ4n) is 2.93. The summed E-state index contributed by atoms with van der Waals surface area (Å²) in [6, 6.07) is 7.12. The third-order valence-corrected chi connectivity index (χ3v) is 5.53. The van der Waals surface area contributed by atoms with E-state index >= 15 is 0 Å². The molecular weight excluding hydrogens is 314 g/mol. The average Bonchev–Trinajstić information content (AvgIpc) is 3.20. The summed E-state index contributed by atoms with van der Waals surface area (Å²) in [5.74, 6) is 1.55. The van der Waals surface area contributed by atoms with Crippen LogP contribution in [0.5, 0.6) is 0 Å². The Morgan fingerprint density at radius 1 is 1.26 bits per heavy atom. The fraction of sp³-hybridized carbons (Fsp3) is 0.200. The van der Waals surface area contributed by atoms with Crippen molar-refractivity contribution in [1.29, 1.82) is 0 Å². The molecule has 3 heterocycles. The summed E-state index contributed by atoms with van der Waals surface area (Å²) in [4.78, 5) is 14.0. The fourth-order valence-corrected chi connectivity index (χ4v) is 3.68. The molecule has 0 saturated heterocycles. The number of benzene rings is 1. The van der Waals surface area contributed by atoms with E-state index in [2.05, 4.69) is 19.7 Å². The minimum Gasteiger partial charge on any atom is -0.330 e. The van der Waals surface area contributed by atoms with Gasteiger partial charge >= 0.3 is 0 Å². The molecule has 0 fully saturated rings. The van der Waals surface area contributed by atoms with Gasteiger partial charge in [0.05, 0.1) is 16.8 Å². The number of fused-ring (bicyclic) bond motifs is 2. The molecule has 7 nitrogen and oxygen atoms in total. The van der Waals surface area contributed by atoms with Gasteiger partial charge in [-0.2, -0.15) is 0 Å². The maximum absolute atomic E-state index is 12.1. The number of nitrogens with one attached hydrogen (secondary N) is 2. The number of aromatic nitrogens is 3. The van der Waals surface area contributed by atoms with Crippen LogP contribution in [0.25, 0.3) is 11.4 Å². The molecule has 0 bridgehead atoms. The van der Waals surface area contributed by atoms with Crippen molar-refractivity contribution in [2.24, 2.45) is 0 Å². The number of H-pyrrole nitrogens is 1. The van der Waals surface area contributed by atoms with Crippen LogP contribution >= 0.6 is 0 Å². The Bertz CT molecular complexity index is 950. The van der Waals surface area contributed by atoms with Crippen molar-refractivity contribution in [1.82, 2.24) is 19.7 Å². The quantitative estimate of drug-likeness (QED) is 0.760. The zero-order chi connectivity index (χ0) is 16.0. The lowest BCUT2D eigenvalue weighted by Crippen LogP contribution is -2.20. The second kappa shape index (κ2) is 5.04. The standard InChI is InChI=1S/C15H15N5O2S/c1-16-23(21,22)11-3-2-10-5-7-20(13(10)8-11)15-12-4-6-17-14(12)18-9-19-15/h2-4,6,8-9,16H,5,7H2,1H3,(H,17,18,19).